The summed E-state index contributed by atoms with van der Waals surface area (Å²) in [5.41, 5.74) is 7.28. The highest BCUT2D eigenvalue weighted by Gasteiger charge is 2.42. The number of nitrogens with zero attached hydrogens (tertiary/aromatic N) is 2. The number of likely N-dealkylation sites (tertiary alicyclic amines) is 1. The van der Waals surface area contributed by atoms with Crippen LogP contribution in [-0.2, 0) is 11.3 Å². The monoisotopic (exact) mass is 367 g/mol. The van der Waals surface area contributed by atoms with Crippen LogP contribution in [0, 0.1) is 11.8 Å². The van der Waals surface area contributed by atoms with Gasteiger partial charge in [0.05, 0.1) is 0 Å². The van der Waals surface area contributed by atoms with Crippen LogP contribution in [0.5, 0.6) is 0 Å². The molecule has 1 aromatic carbocycles. The van der Waals surface area contributed by atoms with Crippen molar-refractivity contribution >= 4 is 40.8 Å². The van der Waals surface area contributed by atoms with Crippen molar-refractivity contribution in [2.75, 3.05) is 13.1 Å². The number of halogens is 2. The zero-order chi connectivity index (χ0) is 16.0. The average Bonchev–Trinajstić information content (AvgIpc) is 3.21. The normalized spacial score (nSPS) is 25.8. The molecule has 2 fully saturated rings. The van der Waals surface area contributed by atoms with Gasteiger partial charge >= 0.3 is 0 Å². The molecule has 4 rings (SSSR count). The fraction of sp³-hybridized carbons (Fsp3) is 0.500. The van der Waals surface area contributed by atoms with E-state index in [1.807, 2.05) is 35.4 Å². The fourth-order valence-corrected chi connectivity index (χ4v) is 4.43. The predicted molar refractivity (Wildman–Crippen MR) is 99.6 cm³/mol. The van der Waals surface area contributed by atoms with E-state index >= 15 is 0 Å². The second-order valence-electron chi connectivity index (χ2n) is 6.93. The number of rotatable bonds is 3. The van der Waals surface area contributed by atoms with Gasteiger partial charge in [-0.05, 0) is 48.9 Å². The highest BCUT2D eigenvalue weighted by molar-refractivity contribution is 6.31. The Hall–Kier alpha value is -1.23. The third kappa shape index (κ3) is 3.15. The van der Waals surface area contributed by atoms with Gasteiger partial charge in [0.1, 0.15) is 0 Å². The van der Waals surface area contributed by atoms with E-state index in [-0.39, 0.29) is 24.4 Å². The van der Waals surface area contributed by atoms with Crippen molar-refractivity contribution in [1.29, 1.82) is 0 Å². The lowest BCUT2D eigenvalue weighted by Gasteiger charge is -2.19. The lowest BCUT2D eigenvalue weighted by Crippen LogP contribution is -2.33. The second-order valence-corrected chi connectivity index (χ2v) is 7.36. The highest BCUT2D eigenvalue weighted by Crippen LogP contribution is 2.37. The Morgan fingerprint density at radius 2 is 2.08 bits per heavy atom. The summed E-state index contributed by atoms with van der Waals surface area (Å²) in [5, 5.41) is 1.86. The zero-order valence-corrected chi connectivity index (χ0v) is 15.1. The molecule has 0 bridgehead atoms. The largest absolute Gasteiger partial charge is 0.347 e. The van der Waals surface area contributed by atoms with Crippen molar-refractivity contribution in [2.45, 2.75) is 31.8 Å². The summed E-state index contributed by atoms with van der Waals surface area (Å²) in [6.45, 7) is 2.47. The Bertz CT molecular complexity index is 745. The van der Waals surface area contributed by atoms with Gasteiger partial charge in [-0.1, -0.05) is 11.6 Å². The molecule has 2 aliphatic rings. The minimum atomic E-state index is 0. The van der Waals surface area contributed by atoms with Gasteiger partial charge in [0.15, 0.2) is 0 Å². The highest BCUT2D eigenvalue weighted by atomic mass is 35.5. The van der Waals surface area contributed by atoms with Gasteiger partial charge in [-0.25, -0.2) is 0 Å². The lowest BCUT2D eigenvalue weighted by atomic mass is 9.98. The summed E-state index contributed by atoms with van der Waals surface area (Å²) in [7, 11) is 0. The molecule has 1 saturated heterocycles. The first-order valence-corrected chi connectivity index (χ1v) is 8.77. The van der Waals surface area contributed by atoms with E-state index in [9.17, 15) is 4.79 Å². The summed E-state index contributed by atoms with van der Waals surface area (Å²) >= 11 is 6.02. The Morgan fingerprint density at radius 1 is 1.25 bits per heavy atom. The van der Waals surface area contributed by atoms with Crippen LogP contribution in [0.4, 0.5) is 0 Å². The number of benzene rings is 1. The first-order chi connectivity index (χ1) is 11.1. The average molecular weight is 368 g/mol. The zero-order valence-electron chi connectivity index (χ0n) is 13.5. The van der Waals surface area contributed by atoms with E-state index < -0.39 is 0 Å². The van der Waals surface area contributed by atoms with Crippen LogP contribution >= 0.6 is 24.0 Å². The number of carbonyl (C=O) groups excluding carboxylic acids is 1. The molecule has 2 aromatic rings. The van der Waals surface area contributed by atoms with Crippen LogP contribution in [0.15, 0.2) is 30.5 Å². The number of nitrogens with two attached hydrogens (primary N) is 1. The third-order valence-corrected chi connectivity index (χ3v) is 5.80. The van der Waals surface area contributed by atoms with Gasteiger partial charge in [-0.3, -0.25) is 4.79 Å². The molecule has 0 spiro atoms. The van der Waals surface area contributed by atoms with Gasteiger partial charge in [0, 0.05) is 54.2 Å². The molecule has 2 heterocycles. The maximum absolute atomic E-state index is 12.5. The molecule has 0 radical (unpaired) electrons. The number of aromatic nitrogens is 1. The predicted octanol–water partition coefficient (Wildman–Crippen LogP) is 3.30. The van der Waals surface area contributed by atoms with Crippen LogP contribution < -0.4 is 5.73 Å². The number of amides is 1. The molecular weight excluding hydrogens is 345 g/mol. The first-order valence-electron chi connectivity index (χ1n) is 8.39. The topological polar surface area (TPSA) is 51.3 Å². The van der Waals surface area contributed by atoms with Crippen molar-refractivity contribution in [2.24, 2.45) is 17.6 Å². The van der Waals surface area contributed by atoms with Gasteiger partial charge in [0.2, 0.25) is 5.91 Å². The summed E-state index contributed by atoms with van der Waals surface area (Å²) in [6, 6.07) is 8.20. The van der Waals surface area contributed by atoms with Crippen LogP contribution in [0.25, 0.3) is 10.9 Å². The number of fused-ring (bicyclic) bond motifs is 2. The Balaban J connectivity index is 0.00000169. The van der Waals surface area contributed by atoms with Gasteiger partial charge < -0.3 is 15.2 Å². The second kappa shape index (κ2) is 6.95. The molecule has 130 valence electrons. The van der Waals surface area contributed by atoms with Crippen molar-refractivity contribution in [3.8, 4) is 0 Å². The quantitative estimate of drug-likeness (QED) is 0.904. The molecule has 1 saturated carbocycles. The molecule has 6 heteroatoms. The van der Waals surface area contributed by atoms with E-state index in [0.29, 0.717) is 24.8 Å². The minimum Gasteiger partial charge on any atom is -0.347 e. The number of carbonyl (C=O) groups is 1. The number of aryl methyl sites for hydroxylation is 1. The maximum atomic E-state index is 12.5. The molecule has 3 atom stereocenters. The molecule has 3 unspecified atom stereocenters. The number of hydrogen-bond acceptors (Lipinski definition) is 2. The number of hydrogen-bond donors (Lipinski definition) is 1. The van der Waals surface area contributed by atoms with E-state index in [2.05, 4.69) is 4.57 Å². The lowest BCUT2D eigenvalue weighted by molar-refractivity contribution is -0.130. The maximum Gasteiger partial charge on any atom is 0.224 e. The molecule has 1 aromatic heterocycles. The molecule has 24 heavy (non-hydrogen) atoms. The van der Waals surface area contributed by atoms with Crippen LogP contribution in [0.2, 0.25) is 5.02 Å². The van der Waals surface area contributed by atoms with Crippen LogP contribution in [0.1, 0.15) is 19.3 Å². The van der Waals surface area contributed by atoms with Crippen LogP contribution in [0.3, 0.4) is 0 Å². The van der Waals surface area contributed by atoms with Crippen molar-refractivity contribution in [3.05, 3.63) is 35.5 Å². The molecule has 1 aliphatic heterocycles. The standard InChI is InChI=1S/C18H22ClN3O.ClH/c19-14-2-4-17-12(9-14)5-7-21(17)8-6-18(23)22-10-13-1-3-16(20)15(13)11-22;/h2,4-5,7,9,13,15-16H,1,3,6,8,10-11,20H2;1H. The SMILES string of the molecule is Cl.NC1CCC2CN(C(=O)CCn3ccc4cc(Cl)ccc43)CC12. The first kappa shape index (κ1) is 17.6. The van der Waals surface area contributed by atoms with E-state index in [0.717, 1.165) is 35.4 Å². The smallest absolute Gasteiger partial charge is 0.224 e. The molecular formula is C18H23Cl2N3O. The Morgan fingerprint density at radius 3 is 2.88 bits per heavy atom. The summed E-state index contributed by atoms with van der Waals surface area (Å²) < 4.78 is 2.13. The Kier molecular flexibility index (Phi) is 5.09. The molecule has 4 nitrogen and oxygen atoms in total. The van der Waals surface area contributed by atoms with E-state index in [4.69, 9.17) is 17.3 Å². The van der Waals surface area contributed by atoms with Crippen molar-refractivity contribution in [3.63, 3.8) is 0 Å². The van der Waals surface area contributed by atoms with Crippen molar-refractivity contribution in [1.82, 2.24) is 9.47 Å². The molecule has 2 N–H and O–H groups in total. The molecule has 1 aliphatic carbocycles. The summed E-state index contributed by atoms with van der Waals surface area (Å²) in [6.07, 6.45) is 4.87. The van der Waals surface area contributed by atoms with Crippen molar-refractivity contribution < 1.29 is 4.79 Å². The van der Waals surface area contributed by atoms with Gasteiger partial charge in [0.25, 0.3) is 0 Å². The van der Waals surface area contributed by atoms with E-state index in [1.54, 1.807) is 0 Å². The van der Waals surface area contributed by atoms with E-state index in [1.165, 1.54) is 6.42 Å². The summed E-state index contributed by atoms with van der Waals surface area (Å²) in [4.78, 5) is 14.5. The third-order valence-electron chi connectivity index (χ3n) is 5.56. The Labute approximate surface area is 153 Å². The molecule has 1 amide bonds. The van der Waals surface area contributed by atoms with Crippen LogP contribution in [-0.4, -0.2) is 34.5 Å². The summed E-state index contributed by atoms with van der Waals surface area (Å²) in [5.74, 6) is 1.40. The van der Waals surface area contributed by atoms with Gasteiger partial charge in [-0.2, -0.15) is 0 Å². The fourth-order valence-electron chi connectivity index (χ4n) is 4.25. The minimum absolute atomic E-state index is 0. The van der Waals surface area contributed by atoms with Gasteiger partial charge in [-0.15, -0.1) is 12.4 Å².